The highest BCUT2D eigenvalue weighted by molar-refractivity contribution is 6.06. The molecule has 1 saturated carbocycles. The number of benzene rings is 1. The Hall–Kier alpha value is -2.83. The number of aromatic amines is 1. The SMILES string of the molecule is O=C(CN1C(=O)NC(Cc2c[nH]c3ccccc23)C1=O)NC1CCCCC1. The first kappa shape index (κ1) is 17.6. The second-order valence-electron chi connectivity index (χ2n) is 7.39. The number of aromatic nitrogens is 1. The quantitative estimate of drug-likeness (QED) is 0.705. The lowest BCUT2D eigenvalue weighted by molar-refractivity contribution is -0.132. The molecule has 4 amide bonds. The van der Waals surface area contributed by atoms with Gasteiger partial charge in [0, 0.05) is 29.6 Å². The molecule has 2 aliphatic rings. The van der Waals surface area contributed by atoms with E-state index in [9.17, 15) is 14.4 Å². The van der Waals surface area contributed by atoms with Crippen molar-refractivity contribution in [1.29, 1.82) is 0 Å². The second-order valence-corrected chi connectivity index (χ2v) is 7.39. The van der Waals surface area contributed by atoms with Crippen molar-refractivity contribution in [2.24, 2.45) is 0 Å². The molecule has 0 radical (unpaired) electrons. The third-order valence-electron chi connectivity index (χ3n) is 5.48. The van der Waals surface area contributed by atoms with Crippen molar-refractivity contribution in [2.45, 2.75) is 50.6 Å². The van der Waals surface area contributed by atoms with Crippen molar-refractivity contribution in [3.63, 3.8) is 0 Å². The minimum absolute atomic E-state index is 0.161. The molecule has 0 spiro atoms. The van der Waals surface area contributed by atoms with Gasteiger partial charge in [0.05, 0.1) is 0 Å². The molecule has 1 saturated heterocycles. The molecule has 1 aliphatic heterocycles. The standard InChI is InChI=1S/C20H24N4O3/c25-18(22-14-6-2-1-3-7-14)12-24-19(26)17(23-20(24)27)10-13-11-21-16-9-5-4-8-15(13)16/h4-5,8-9,11,14,17,21H,1-3,6-7,10,12H2,(H,22,25)(H,23,27). The number of imide groups is 1. The first-order chi connectivity index (χ1) is 13.1. The van der Waals surface area contributed by atoms with Crippen LogP contribution in [0.15, 0.2) is 30.5 Å². The molecule has 1 aliphatic carbocycles. The normalized spacial score (nSPS) is 20.9. The summed E-state index contributed by atoms with van der Waals surface area (Å²) in [5.41, 5.74) is 1.96. The molecule has 1 aromatic carbocycles. The predicted octanol–water partition coefficient (Wildman–Crippen LogP) is 2.08. The fourth-order valence-corrected chi connectivity index (χ4v) is 4.05. The lowest BCUT2D eigenvalue weighted by Gasteiger charge is -2.23. The summed E-state index contributed by atoms with van der Waals surface area (Å²) in [5, 5.41) is 6.70. The van der Waals surface area contributed by atoms with Gasteiger partial charge in [-0.15, -0.1) is 0 Å². The Morgan fingerprint density at radius 2 is 1.93 bits per heavy atom. The van der Waals surface area contributed by atoms with Crippen LogP contribution in [0.25, 0.3) is 10.9 Å². The molecule has 3 N–H and O–H groups in total. The third kappa shape index (κ3) is 3.67. The topological polar surface area (TPSA) is 94.3 Å². The van der Waals surface area contributed by atoms with E-state index in [-0.39, 0.29) is 24.4 Å². The highest BCUT2D eigenvalue weighted by Crippen LogP contribution is 2.21. The van der Waals surface area contributed by atoms with Crippen LogP contribution in [-0.2, 0) is 16.0 Å². The van der Waals surface area contributed by atoms with Crippen LogP contribution in [0, 0.1) is 0 Å². The van der Waals surface area contributed by atoms with E-state index in [2.05, 4.69) is 15.6 Å². The van der Waals surface area contributed by atoms with Crippen LogP contribution in [0.1, 0.15) is 37.7 Å². The maximum absolute atomic E-state index is 12.7. The van der Waals surface area contributed by atoms with Gasteiger partial charge < -0.3 is 15.6 Å². The second kappa shape index (κ2) is 7.42. The summed E-state index contributed by atoms with van der Waals surface area (Å²) in [4.78, 5) is 41.3. The zero-order chi connectivity index (χ0) is 18.8. The van der Waals surface area contributed by atoms with Crippen LogP contribution >= 0.6 is 0 Å². The van der Waals surface area contributed by atoms with Gasteiger partial charge in [0.2, 0.25) is 5.91 Å². The summed E-state index contributed by atoms with van der Waals surface area (Å²) >= 11 is 0. The van der Waals surface area contributed by atoms with Crippen LogP contribution < -0.4 is 10.6 Å². The summed E-state index contributed by atoms with van der Waals surface area (Å²) in [7, 11) is 0. The van der Waals surface area contributed by atoms with E-state index in [1.54, 1.807) is 0 Å². The maximum atomic E-state index is 12.7. The van der Waals surface area contributed by atoms with Gasteiger partial charge in [0.25, 0.3) is 5.91 Å². The van der Waals surface area contributed by atoms with Crippen LogP contribution in [-0.4, -0.2) is 46.4 Å². The molecule has 2 fully saturated rings. The van der Waals surface area contributed by atoms with Crippen molar-refractivity contribution in [3.05, 3.63) is 36.0 Å². The molecular weight excluding hydrogens is 344 g/mol. The van der Waals surface area contributed by atoms with Crippen LogP contribution in [0.4, 0.5) is 4.79 Å². The van der Waals surface area contributed by atoms with Gasteiger partial charge in [0.15, 0.2) is 0 Å². The molecule has 1 atom stereocenters. The van der Waals surface area contributed by atoms with Gasteiger partial charge >= 0.3 is 6.03 Å². The van der Waals surface area contributed by atoms with Crippen molar-refractivity contribution in [3.8, 4) is 0 Å². The average Bonchev–Trinajstić information content (AvgIpc) is 3.19. The minimum atomic E-state index is -0.640. The monoisotopic (exact) mass is 368 g/mol. The van der Waals surface area contributed by atoms with Crippen molar-refractivity contribution in [2.75, 3.05) is 6.54 Å². The number of hydrogen-bond donors (Lipinski definition) is 3. The van der Waals surface area contributed by atoms with E-state index in [0.29, 0.717) is 6.42 Å². The predicted molar refractivity (Wildman–Crippen MR) is 101 cm³/mol. The number of hydrogen-bond acceptors (Lipinski definition) is 3. The van der Waals surface area contributed by atoms with E-state index < -0.39 is 12.1 Å². The molecule has 2 heterocycles. The molecule has 4 rings (SSSR count). The Kier molecular flexibility index (Phi) is 4.83. The molecule has 0 bridgehead atoms. The van der Waals surface area contributed by atoms with Crippen molar-refractivity contribution < 1.29 is 14.4 Å². The Morgan fingerprint density at radius 3 is 2.74 bits per heavy atom. The molecule has 7 heteroatoms. The summed E-state index contributed by atoms with van der Waals surface area (Å²) in [6, 6.07) is 6.86. The Labute approximate surface area is 157 Å². The number of nitrogens with zero attached hydrogens (tertiary/aromatic N) is 1. The molecule has 7 nitrogen and oxygen atoms in total. The average molecular weight is 368 g/mol. The van der Waals surface area contributed by atoms with Crippen molar-refractivity contribution in [1.82, 2.24) is 20.5 Å². The molecule has 142 valence electrons. The Bertz CT molecular complexity index is 869. The summed E-state index contributed by atoms with van der Waals surface area (Å²) in [6.45, 7) is -0.217. The van der Waals surface area contributed by atoms with Crippen LogP contribution in [0.3, 0.4) is 0 Å². The number of fused-ring (bicyclic) bond motifs is 1. The number of carbonyl (C=O) groups excluding carboxylic acids is 3. The largest absolute Gasteiger partial charge is 0.361 e. The summed E-state index contributed by atoms with van der Waals surface area (Å²) < 4.78 is 0. The summed E-state index contributed by atoms with van der Waals surface area (Å²) in [6.07, 6.45) is 7.62. The van der Waals surface area contributed by atoms with E-state index in [0.717, 1.165) is 47.0 Å². The smallest absolute Gasteiger partial charge is 0.325 e. The van der Waals surface area contributed by atoms with Gasteiger partial charge in [-0.3, -0.25) is 14.5 Å². The molecule has 2 aromatic rings. The fourth-order valence-electron chi connectivity index (χ4n) is 4.05. The van der Waals surface area contributed by atoms with E-state index in [4.69, 9.17) is 0 Å². The number of nitrogens with one attached hydrogen (secondary N) is 3. The van der Waals surface area contributed by atoms with Crippen LogP contribution in [0.2, 0.25) is 0 Å². The minimum Gasteiger partial charge on any atom is -0.361 e. The van der Waals surface area contributed by atoms with Gasteiger partial charge in [-0.1, -0.05) is 37.5 Å². The number of para-hydroxylation sites is 1. The zero-order valence-corrected chi connectivity index (χ0v) is 15.2. The maximum Gasteiger partial charge on any atom is 0.325 e. The Balaban J connectivity index is 1.38. The van der Waals surface area contributed by atoms with E-state index >= 15 is 0 Å². The number of carbonyl (C=O) groups is 3. The lowest BCUT2D eigenvalue weighted by Crippen LogP contribution is -2.45. The van der Waals surface area contributed by atoms with Gasteiger partial charge in [0.1, 0.15) is 12.6 Å². The van der Waals surface area contributed by atoms with Crippen LogP contribution in [0.5, 0.6) is 0 Å². The lowest BCUT2D eigenvalue weighted by atomic mass is 9.95. The van der Waals surface area contributed by atoms with Crippen molar-refractivity contribution >= 4 is 28.7 Å². The first-order valence-electron chi connectivity index (χ1n) is 9.58. The Morgan fingerprint density at radius 1 is 1.15 bits per heavy atom. The summed E-state index contributed by atoms with van der Waals surface area (Å²) in [5.74, 6) is -0.609. The molecular formula is C20H24N4O3. The highest BCUT2D eigenvalue weighted by Gasteiger charge is 2.39. The van der Waals surface area contributed by atoms with Gasteiger partial charge in [-0.2, -0.15) is 0 Å². The first-order valence-corrected chi connectivity index (χ1v) is 9.58. The number of amides is 4. The number of urea groups is 1. The van der Waals surface area contributed by atoms with Gasteiger partial charge in [-0.25, -0.2) is 4.79 Å². The molecule has 1 unspecified atom stereocenters. The van der Waals surface area contributed by atoms with E-state index in [1.165, 1.54) is 6.42 Å². The number of rotatable bonds is 5. The highest BCUT2D eigenvalue weighted by atomic mass is 16.2. The number of H-pyrrole nitrogens is 1. The van der Waals surface area contributed by atoms with E-state index in [1.807, 2.05) is 30.5 Å². The molecule has 1 aromatic heterocycles. The van der Waals surface area contributed by atoms with Gasteiger partial charge in [-0.05, 0) is 24.5 Å². The molecule has 27 heavy (non-hydrogen) atoms. The zero-order valence-electron chi connectivity index (χ0n) is 15.2. The third-order valence-corrected chi connectivity index (χ3v) is 5.48. The fraction of sp³-hybridized carbons (Fsp3) is 0.450.